The second kappa shape index (κ2) is 13.8. The Morgan fingerprint density at radius 1 is 1.16 bits per heavy atom. The number of benzene rings is 1. The molecule has 0 unspecified atom stereocenters. The Balaban J connectivity index is 1.69. The fraction of sp³-hybridized carbons (Fsp3) is 0.625. The van der Waals surface area contributed by atoms with Crippen LogP contribution in [0.5, 0.6) is 11.5 Å². The van der Waals surface area contributed by atoms with Crippen molar-refractivity contribution in [1.29, 1.82) is 0 Å². The summed E-state index contributed by atoms with van der Waals surface area (Å²) < 4.78 is 6.35. The Morgan fingerprint density at radius 2 is 1.91 bits per heavy atom. The Hall–Kier alpha value is -3.60. The largest absolute Gasteiger partial charge is 0.507 e. The van der Waals surface area contributed by atoms with Crippen LogP contribution in [0, 0.1) is 11.8 Å². The average Bonchev–Trinajstić information content (AvgIpc) is 3.60. The number of rotatable bonds is 8. The van der Waals surface area contributed by atoms with Gasteiger partial charge in [-0.25, -0.2) is 0 Å². The lowest BCUT2D eigenvalue weighted by Gasteiger charge is -2.36. The van der Waals surface area contributed by atoms with Gasteiger partial charge < -0.3 is 30.3 Å². The number of ether oxygens (including phenoxy) is 1. The minimum Gasteiger partial charge on any atom is -0.507 e. The topological polar surface area (TPSA) is 132 Å². The molecule has 43 heavy (non-hydrogen) atoms. The molecule has 3 heterocycles. The molecule has 0 radical (unpaired) electrons. The molecule has 2 bridgehead atoms. The minimum atomic E-state index is -0.974. The van der Waals surface area contributed by atoms with Crippen molar-refractivity contribution < 1.29 is 29.0 Å². The van der Waals surface area contributed by atoms with E-state index in [2.05, 4.69) is 10.6 Å². The number of phenols is 1. The molecule has 11 nitrogen and oxygen atoms in total. The van der Waals surface area contributed by atoms with Crippen LogP contribution in [-0.4, -0.2) is 101 Å². The quantitative estimate of drug-likeness (QED) is 0.419. The summed E-state index contributed by atoms with van der Waals surface area (Å²) in [6, 6.07) is 1.87. The van der Waals surface area contributed by atoms with E-state index >= 15 is 0 Å². The molecular formula is C32H47N5O6. The molecule has 3 aliphatic heterocycles. The minimum absolute atomic E-state index is 0.0201. The number of carbonyl (C=O) groups excluding carboxylic acids is 4. The summed E-state index contributed by atoms with van der Waals surface area (Å²) >= 11 is 0. The van der Waals surface area contributed by atoms with Crippen LogP contribution in [-0.2, 0) is 19.2 Å². The number of hydrogen-bond acceptors (Lipinski definition) is 7. The van der Waals surface area contributed by atoms with E-state index in [0.29, 0.717) is 43.5 Å². The van der Waals surface area contributed by atoms with E-state index in [9.17, 15) is 24.3 Å². The maximum atomic E-state index is 14.3. The number of hydrogen-bond donors (Lipinski definition) is 3. The zero-order chi connectivity index (χ0) is 31.4. The Bertz CT molecular complexity index is 1230. The molecule has 4 amide bonds. The van der Waals surface area contributed by atoms with Crippen LogP contribution in [0.25, 0.3) is 6.08 Å². The van der Waals surface area contributed by atoms with E-state index in [1.807, 2.05) is 46.7 Å². The van der Waals surface area contributed by atoms with Crippen LogP contribution < -0.4 is 15.4 Å². The Kier molecular flexibility index (Phi) is 10.4. The van der Waals surface area contributed by atoms with Crippen molar-refractivity contribution >= 4 is 29.7 Å². The number of phenolic OH excluding ortho intramolecular Hbond substituents is 1. The first-order valence-electron chi connectivity index (χ1n) is 15.5. The van der Waals surface area contributed by atoms with E-state index in [1.165, 1.54) is 12.3 Å². The fourth-order valence-electron chi connectivity index (χ4n) is 6.50. The van der Waals surface area contributed by atoms with Crippen LogP contribution in [0.2, 0.25) is 0 Å². The predicted octanol–water partition coefficient (Wildman–Crippen LogP) is 2.34. The molecule has 2 fully saturated rings. The summed E-state index contributed by atoms with van der Waals surface area (Å²) in [6.07, 6.45) is 5.14. The predicted molar refractivity (Wildman–Crippen MR) is 163 cm³/mol. The van der Waals surface area contributed by atoms with E-state index in [4.69, 9.17) is 4.74 Å². The van der Waals surface area contributed by atoms with E-state index in [1.54, 1.807) is 28.0 Å². The molecule has 11 heteroatoms. The van der Waals surface area contributed by atoms with Crippen molar-refractivity contribution in [2.45, 2.75) is 90.1 Å². The first kappa shape index (κ1) is 32.3. The van der Waals surface area contributed by atoms with Gasteiger partial charge >= 0.3 is 0 Å². The summed E-state index contributed by atoms with van der Waals surface area (Å²) in [5, 5.41) is 16.1. The molecular weight excluding hydrogens is 550 g/mol. The highest BCUT2D eigenvalue weighted by Crippen LogP contribution is 2.32. The standard InChI is InChI=1S/C32H47N5O6/c1-7-20(4)27(35(5)6)30(40)34-23(17-19(2)3)31(41)37-16-13-26-28(37)32(42)36-15-8-9-24(36)29(39)33-14-12-21-18-22(43-26)10-11-25(21)38/h10-12,14,18-20,23-24,26-28,38H,7-9,13,15-17H2,1-6H3,(H,33,39)(H,34,40)/b14-12-/t20-,23-,24-,26-,27+,28-/m0/s1. The molecule has 3 N–H and O–H groups in total. The van der Waals surface area contributed by atoms with Crippen LogP contribution in [0.15, 0.2) is 24.4 Å². The lowest BCUT2D eigenvalue weighted by molar-refractivity contribution is -0.150. The van der Waals surface area contributed by atoms with E-state index < -0.39 is 30.3 Å². The summed E-state index contributed by atoms with van der Waals surface area (Å²) in [5.41, 5.74) is 0.450. The zero-order valence-corrected chi connectivity index (χ0v) is 26.2. The number of fused-ring (bicyclic) bond motifs is 4. The van der Waals surface area contributed by atoms with Crippen molar-refractivity contribution in [3.8, 4) is 11.5 Å². The third kappa shape index (κ3) is 7.14. The number of amides is 4. The van der Waals surface area contributed by atoms with Crippen LogP contribution in [0.4, 0.5) is 0 Å². The number of nitrogens with zero attached hydrogens (tertiary/aromatic N) is 3. The third-order valence-electron chi connectivity index (χ3n) is 8.82. The van der Waals surface area contributed by atoms with Gasteiger partial charge in [-0.3, -0.25) is 24.1 Å². The van der Waals surface area contributed by atoms with E-state index in [-0.39, 0.29) is 47.8 Å². The van der Waals surface area contributed by atoms with Gasteiger partial charge in [0, 0.05) is 31.3 Å². The van der Waals surface area contributed by atoms with Gasteiger partial charge in [-0.2, -0.15) is 0 Å². The molecule has 0 aromatic heterocycles. The molecule has 1 aromatic carbocycles. The van der Waals surface area contributed by atoms with Crippen molar-refractivity contribution in [2.24, 2.45) is 11.8 Å². The molecule has 4 rings (SSSR count). The number of aromatic hydroxyl groups is 1. The van der Waals surface area contributed by atoms with Gasteiger partial charge in [0.2, 0.25) is 23.6 Å². The number of nitrogens with one attached hydrogen (secondary N) is 2. The summed E-state index contributed by atoms with van der Waals surface area (Å²) in [4.78, 5) is 60.2. The summed E-state index contributed by atoms with van der Waals surface area (Å²) in [5.74, 6) is -0.562. The highest BCUT2D eigenvalue weighted by atomic mass is 16.5. The normalized spacial score (nSPS) is 25.0. The van der Waals surface area contributed by atoms with Crippen LogP contribution >= 0.6 is 0 Å². The first-order chi connectivity index (χ1) is 20.4. The monoisotopic (exact) mass is 597 g/mol. The molecule has 6 atom stereocenters. The van der Waals surface area contributed by atoms with Crippen LogP contribution in [0.3, 0.4) is 0 Å². The van der Waals surface area contributed by atoms with Gasteiger partial charge in [-0.15, -0.1) is 0 Å². The molecule has 2 saturated heterocycles. The average molecular weight is 598 g/mol. The van der Waals surface area contributed by atoms with E-state index in [0.717, 1.165) is 6.42 Å². The fourth-order valence-corrected chi connectivity index (χ4v) is 6.50. The van der Waals surface area contributed by atoms with Gasteiger partial charge in [0.05, 0.1) is 6.04 Å². The molecule has 0 saturated carbocycles. The lowest BCUT2D eigenvalue weighted by atomic mass is 9.96. The smallest absolute Gasteiger partial charge is 0.249 e. The maximum Gasteiger partial charge on any atom is 0.249 e. The summed E-state index contributed by atoms with van der Waals surface area (Å²) in [6.45, 7) is 8.70. The zero-order valence-electron chi connectivity index (χ0n) is 26.2. The van der Waals surface area contributed by atoms with Crippen LogP contribution in [0.1, 0.15) is 65.4 Å². The highest BCUT2D eigenvalue weighted by molar-refractivity contribution is 5.96. The molecule has 236 valence electrons. The maximum absolute atomic E-state index is 14.3. The molecule has 1 aromatic rings. The Labute approximate surface area is 254 Å². The van der Waals surface area contributed by atoms with Crippen molar-refractivity contribution in [3.63, 3.8) is 0 Å². The lowest BCUT2D eigenvalue weighted by Crippen LogP contribution is -2.60. The van der Waals surface area contributed by atoms with Gasteiger partial charge in [0.1, 0.15) is 35.7 Å². The second-order valence-corrected chi connectivity index (χ2v) is 12.7. The second-order valence-electron chi connectivity index (χ2n) is 12.7. The molecule has 3 aliphatic rings. The SMILES string of the molecule is CC[C@H](C)[C@H](C(=O)N[C@@H](CC(C)C)C(=O)N1CC[C@@H]2Oc3ccc(O)c(c3)/C=C\NC(=O)[C@@H]3CCCN3C(=O)[C@H]21)N(C)C. The van der Waals surface area contributed by atoms with Crippen molar-refractivity contribution in [2.75, 3.05) is 27.2 Å². The van der Waals surface area contributed by atoms with Gasteiger partial charge in [-0.1, -0.05) is 34.1 Å². The van der Waals surface area contributed by atoms with Gasteiger partial charge in [-0.05, 0) is 69.5 Å². The number of carbonyl (C=O) groups is 4. The Morgan fingerprint density at radius 3 is 2.58 bits per heavy atom. The summed E-state index contributed by atoms with van der Waals surface area (Å²) in [7, 11) is 3.72. The van der Waals surface area contributed by atoms with Gasteiger partial charge in [0.25, 0.3) is 0 Å². The first-order valence-corrected chi connectivity index (χ1v) is 15.5. The highest BCUT2D eigenvalue weighted by Gasteiger charge is 2.49. The molecule has 0 spiro atoms. The molecule has 0 aliphatic carbocycles. The third-order valence-corrected chi connectivity index (χ3v) is 8.82. The van der Waals surface area contributed by atoms with Gasteiger partial charge in [0.15, 0.2) is 0 Å². The number of likely N-dealkylation sites (tertiary alicyclic amines) is 1. The van der Waals surface area contributed by atoms with Crippen molar-refractivity contribution in [1.82, 2.24) is 25.3 Å². The van der Waals surface area contributed by atoms with Crippen molar-refractivity contribution in [3.05, 3.63) is 30.0 Å². The number of likely N-dealkylation sites (N-methyl/N-ethyl adjacent to an activating group) is 1.